The molecule has 1 aromatic carbocycles. The third kappa shape index (κ3) is 5.47. The zero-order chi connectivity index (χ0) is 12.7. The summed E-state index contributed by atoms with van der Waals surface area (Å²) < 4.78 is 0. The lowest BCUT2D eigenvalue weighted by atomic mass is 10.1. The number of hydrogen-bond donors (Lipinski definition) is 2. The number of aliphatic carboxylic acids is 1. The Bertz CT molecular complexity index is 338. The van der Waals surface area contributed by atoms with Crippen LogP contribution in [0.2, 0.25) is 0 Å². The molecule has 0 aromatic heterocycles. The summed E-state index contributed by atoms with van der Waals surface area (Å²) in [5.41, 5.74) is 3.61. The van der Waals surface area contributed by atoms with Crippen molar-refractivity contribution in [1.29, 1.82) is 0 Å². The van der Waals surface area contributed by atoms with Crippen LogP contribution in [0.5, 0.6) is 0 Å². The number of nitrogens with one attached hydrogen (secondary N) is 1. The number of carbonyl (C=O) groups is 1. The van der Waals surface area contributed by atoms with Crippen molar-refractivity contribution in [3.63, 3.8) is 0 Å². The minimum Gasteiger partial charge on any atom is -0.480 e. The summed E-state index contributed by atoms with van der Waals surface area (Å²) in [5, 5.41) is 8.98. The quantitative estimate of drug-likeness (QED) is 0.714. The van der Waals surface area contributed by atoms with Gasteiger partial charge in [-0.25, -0.2) is 0 Å². The van der Waals surface area contributed by atoms with Gasteiger partial charge in [-0.2, -0.15) is 5.48 Å². The van der Waals surface area contributed by atoms with Gasteiger partial charge in [0.25, 0.3) is 0 Å². The van der Waals surface area contributed by atoms with Gasteiger partial charge in [0.1, 0.15) is 6.04 Å². The highest BCUT2D eigenvalue weighted by Gasteiger charge is 2.18. The van der Waals surface area contributed by atoms with Crippen molar-refractivity contribution in [1.82, 2.24) is 5.48 Å². The second-order valence-corrected chi connectivity index (χ2v) is 4.41. The summed E-state index contributed by atoms with van der Waals surface area (Å²) in [7, 11) is 0. The summed E-state index contributed by atoms with van der Waals surface area (Å²) >= 11 is 0. The van der Waals surface area contributed by atoms with E-state index in [0.717, 1.165) is 5.56 Å². The zero-order valence-corrected chi connectivity index (χ0v) is 10.2. The predicted octanol–water partition coefficient (Wildman–Crippen LogP) is 2.21. The second-order valence-electron chi connectivity index (χ2n) is 4.41. The van der Waals surface area contributed by atoms with Crippen LogP contribution in [0, 0.1) is 5.92 Å². The van der Waals surface area contributed by atoms with Crippen molar-refractivity contribution >= 4 is 5.97 Å². The molecular formula is C13H19NO3. The fraction of sp³-hybridized carbons (Fsp3) is 0.462. The van der Waals surface area contributed by atoms with Crippen LogP contribution in [0.15, 0.2) is 30.3 Å². The average molecular weight is 237 g/mol. The lowest BCUT2D eigenvalue weighted by Crippen LogP contribution is -2.37. The first-order valence-corrected chi connectivity index (χ1v) is 5.73. The first kappa shape index (κ1) is 13.7. The third-order valence-electron chi connectivity index (χ3n) is 2.31. The van der Waals surface area contributed by atoms with Gasteiger partial charge in [0.05, 0.1) is 6.61 Å². The maximum absolute atomic E-state index is 10.9. The van der Waals surface area contributed by atoms with Gasteiger partial charge >= 0.3 is 5.97 Å². The van der Waals surface area contributed by atoms with Crippen LogP contribution < -0.4 is 5.48 Å². The number of hydrogen-bond acceptors (Lipinski definition) is 3. The highest BCUT2D eigenvalue weighted by Crippen LogP contribution is 2.06. The van der Waals surface area contributed by atoms with Crippen LogP contribution in [-0.2, 0) is 16.2 Å². The molecule has 1 atom stereocenters. The van der Waals surface area contributed by atoms with E-state index in [1.807, 2.05) is 44.2 Å². The molecular weight excluding hydrogens is 218 g/mol. The standard InChI is InChI=1S/C13H19NO3/c1-10(2)8-12(13(15)16)14-17-9-11-6-4-3-5-7-11/h3-7,10,12,14H,8-9H2,1-2H3,(H,15,16)/t12-/m1/s1. The van der Waals surface area contributed by atoms with Gasteiger partial charge in [-0.3, -0.25) is 9.63 Å². The number of carboxylic acid groups (broad SMARTS) is 1. The minimum absolute atomic E-state index is 0.309. The minimum atomic E-state index is -0.883. The number of hydroxylamine groups is 1. The Morgan fingerprint density at radius 2 is 2.00 bits per heavy atom. The first-order valence-electron chi connectivity index (χ1n) is 5.73. The van der Waals surface area contributed by atoms with E-state index in [9.17, 15) is 4.79 Å². The van der Waals surface area contributed by atoms with Gasteiger partial charge in [0.2, 0.25) is 0 Å². The Labute approximate surface area is 102 Å². The normalized spacial score (nSPS) is 12.6. The van der Waals surface area contributed by atoms with Crippen molar-refractivity contribution in [3.8, 4) is 0 Å². The number of carboxylic acids is 1. The molecule has 0 amide bonds. The SMILES string of the molecule is CC(C)C[C@@H](NOCc1ccccc1)C(=O)O. The Balaban J connectivity index is 2.35. The van der Waals surface area contributed by atoms with Gasteiger partial charge in [0, 0.05) is 0 Å². The summed E-state index contributed by atoms with van der Waals surface area (Å²) in [6, 6.07) is 8.97. The van der Waals surface area contributed by atoms with Crippen LogP contribution in [0.25, 0.3) is 0 Å². The molecule has 0 fully saturated rings. The molecule has 94 valence electrons. The predicted molar refractivity (Wildman–Crippen MR) is 65.2 cm³/mol. The van der Waals surface area contributed by atoms with Crippen LogP contribution in [0.3, 0.4) is 0 Å². The monoisotopic (exact) mass is 237 g/mol. The van der Waals surface area contributed by atoms with Gasteiger partial charge in [-0.05, 0) is 17.9 Å². The van der Waals surface area contributed by atoms with E-state index in [2.05, 4.69) is 5.48 Å². The summed E-state index contributed by atoms with van der Waals surface area (Å²) in [6.07, 6.45) is 0.546. The number of rotatable bonds is 7. The third-order valence-corrected chi connectivity index (χ3v) is 2.31. The van der Waals surface area contributed by atoms with Crippen LogP contribution >= 0.6 is 0 Å². The molecule has 1 aromatic rings. The molecule has 0 spiro atoms. The zero-order valence-electron chi connectivity index (χ0n) is 10.2. The molecule has 0 heterocycles. The molecule has 0 aliphatic rings. The van der Waals surface area contributed by atoms with E-state index in [4.69, 9.17) is 9.94 Å². The van der Waals surface area contributed by atoms with Crippen molar-refractivity contribution < 1.29 is 14.7 Å². The molecule has 0 aliphatic heterocycles. The highest BCUT2D eigenvalue weighted by atomic mass is 16.6. The highest BCUT2D eigenvalue weighted by molar-refractivity contribution is 5.73. The molecule has 0 unspecified atom stereocenters. The fourth-order valence-electron chi connectivity index (χ4n) is 1.47. The van der Waals surface area contributed by atoms with E-state index in [1.165, 1.54) is 0 Å². The maximum Gasteiger partial charge on any atom is 0.323 e. The Kier molecular flexibility index (Phi) is 5.66. The summed E-state index contributed by atoms with van der Waals surface area (Å²) in [6.45, 7) is 4.33. The van der Waals surface area contributed by atoms with Crippen LogP contribution in [0.4, 0.5) is 0 Å². The van der Waals surface area contributed by atoms with E-state index >= 15 is 0 Å². The molecule has 0 bridgehead atoms. The van der Waals surface area contributed by atoms with E-state index in [1.54, 1.807) is 0 Å². The molecule has 0 aliphatic carbocycles. The molecule has 1 rings (SSSR count). The number of benzene rings is 1. The van der Waals surface area contributed by atoms with Gasteiger partial charge in [0.15, 0.2) is 0 Å². The van der Waals surface area contributed by atoms with Crippen molar-refractivity contribution in [2.75, 3.05) is 0 Å². The second kappa shape index (κ2) is 7.04. The molecule has 2 N–H and O–H groups in total. The van der Waals surface area contributed by atoms with E-state index in [0.29, 0.717) is 18.9 Å². The smallest absolute Gasteiger partial charge is 0.323 e. The Morgan fingerprint density at radius 1 is 1.35 bits per heavy atom. The molecule has 17 heavy (non-hydrogen) atoms. The maximum atomic E-state index is 10.9. The molecule has 4 nitrogen and oxygen atoms in total. The molecule has 0 radical (unpaired) electrons. The van der Waals surface area contributed by atoms with E-state index in [-0.39, 0.29) is 0 Å². The van der Waals surface area contributed by atoms with Crippen LogP contribution in [-0.4, -0.2) is 17.1 Å². The summed E-state index contributed by atoms with van der Waals surface area (Å²) in [4.78, 5) is 16.1. The molecule has 0 saturated heterocycles. The fourth-order valence-corrected chi connectivity index (χ4v) is 1.47. The molecule has 0 saturated carbocycles. The summed E-state index contributed by atoms with van der Waals surface area (Å²) in [5.74, 6) is -0.573. The van der Waals surface area contributed by atoms with Gasteiger partial charge in [-0.15, -0.1) is 0 Å². The largest absolute Gasteiger partial charge is 0.480 e. The lowest BCUT2D eigenvalue weighted by Gasteiger charge is -2.16. The molecule has 4 heteroatoms. The van der Waals surface area contributed by atoms with Crippen molar-refractivity contribution in [2.45, 2.75) is 32.9 Å². The lowest BCUT2D eigenvalue weighted by molar-refractivity contribution is -0.145. The van der Waals surface area contributed by atoms with Crippen molar-refractivity contribution in [3.05, 3.63) is 35.9 Å². The Morgan fingerprint density at radius 3 is 2.53 bits per heavy atom. The van der Waals surface area contributed by atoms with Crippen molar-refractivity contribution in [2.24, 2.45) is 5.92 Å². The van der Waals surface area contributed by atoms with E-state index < -0.39 is 12.0 Å². The van der Waals surface area contributed by atoms with Gasteiger partial charge in [-0.1, -0.05) is 44.2 Å². The topological polar surface area (TPSA) is 58.6 Å². The Hall–Kier alpha value is -1.39. The van der Waals surface area contributed by atoms with Gasteiger partial charge < -0.3 is 5.11 Å². The average Bonchev–Trinajstić information content (AvgIpc) is 2.28. The first-order chi connectivity index (χ1) is 8.09. The van der Waals surface area contributed by atoms with Crippen LogP contribution in [0.1, 0.15) is 25.8 Å².